The van der Waals surface area contributed by atoms with E-state index >= 15 is 0 Å². The molecule has 1 unspecified atom stereocenters. The minimum Gasteiger partial charge on any atom is -0.468 e. The molecule has 3 rings (SSSR count). The Labute approximate surface area is 177 Å². The molecule has 1 heterocycles. The van der Waals surface area contributed by atoms with E-state index in [0.29, 0.717) is 21.6 Å². The predicted octanol–water partition coefficient (Wildman–Crippen LogP) is 3.55. The lowest BCUT2D eigenvalue weighted by molar-refractivity contribution is -0.142. The number of carbonyl (C=O) groups excluding carboxylic acids is 3. The van der Waals surface area contributed by atoms with Crippen molar-refractivity contribution in [1.29, 1.82) is 0 Å². The van der Waals surface area contributed by atoms with Gasteiger partial charge < -0.3 is 9.84 Å². The second-order valence-corrected chi connectivity index (χ2v) is 8.28. The summed E-state index contributed by atoms with van der Waals surface area (Å²) in [5, 5.41) is 11.3. The molecule has 6 nitrogen and oxygen atoms in total. The van der Waals surface area contributed by atoms with Gasteiger partial charge in [0.1, 0.15) is 6.54 Å². The average Bonchev–Trinajstić information content (AvgIpc) is 2.89. The van der Waals surface area contributed by atoms with Crippen LogP contribution in [-0.4, -0.2) is 36.4 Å². The number of halogens is 1. The Hall–Kier alpha value is -2.51. The van der Waals surface area contributed by atoms with E-state index in [9.17, 15) is 19.5 Å². The number of aliphatic hydroxyl groups is 1. The van der Waals surface area contributed by atoms with Crippen LogP contribution in [0.5, 0.6) is 0 Å². The largest absolute Gasteiger partial charge is 0.468 e. The van der Waals surface area contributed by atoms with Gasteiger partial charge in [-0.1, -0.05) is 54.0 Å². The van der Waals surface area contributed by atoms with Gasteiger partial charge >= 0.3 is 5.97 Å². The van der Waals surface area contributed by atoms with Gasteiger partial charge in [0.25, 0.3) is 5.91 Å². The number of methoxy groups -OCH3 is 1. The summed E-state index contributed by atoms with van der Waals surface area (Å²) in [6.07, 6.45) is -0.423. The zero-order chi connectivity index (χ0) is 21.3. The monoisotopic (exact) mass is 459 g/mol. The minimum atomic E-state index is -2.05. The summed E-state index contributed by atoms with van der Waals surface area (Å²) in [4.78, 5) is 38.8. The molecule has 1 aliphatic rings. The Morgan fingerprint density at radius 1 is 1.17 bits per heavy atom. The highest BCUT2D eigenvalue weighted by atomic mass is 79.9. The van der Waals surface area contributed by atoms with E-state index in [0.717, 1.165) is 10.5 Å². The molecule has 1 N–H and O–H groups in total. The van der Waals surface area contributed by atoms with E-state index in [4.69, 9.17) is 0 Å². The molecule has 1 atom stereocenters. The maximum Gasteiger partial charge on any atom is 0.325 e. The van der Waals surface area contributed by atoms with Crippen molar-refractivity contribution in [3.63, 3.8) is 0 Å². The Morgan fingerprint density at radius 2 is 1.83 bits per heavy atom. The van der Waals surface area contributed by atoms with Gasteiger partial charge in [-0.25, -0.2) is 0 Å². The van der Waals surface area contributed by atoms with Crippen molar-refractivity contribution >= 4 is 39.3 Å². The van der Waals surface area contributed by atoms with Gasteiger partial charge in [-0.2, -0.15) is 0 Å². The molecule has 0 bridgehead atoms. The summed E-state index contributed by atoms with van der Waals surface area (Å²) in [5.41, 5.74) is 0.123. The number of ketones is 1. The van der Waals surface area contributed by atoms with Crippen molar-refractivity contribution in [2.75, 3.05) is 18.6 Å². The first kappa shape index (κ1) is 21.2. The van der Waals surface area contributed by atoms with Gasteiger partial charge in [-0.05, 0) is 29.7 Å². The number of benzene rings is 2. The number of fused-ring (bicyclic) bond motifs is 1. The van der Waals surface area contributed by atoms with Crippen molar-refractivity contribution in [3.8, 4) is 0 Å². The summed E-state index contributed by atoms with van der Waals surface area (Å²) < 4.78 is 5.31. The lowest BCUT2D eigenvalue weighted by Gasteiger charge is -2.22. The van der Waals surface area contributed by atoms with E-state index in [1.807, 2.05) is 12.1 Å². The molecule has 0 aliphatic carbocycles. The minimum absolute atomic E-state index is 0.285. The highest BCUT2D eigenvalue weighted by Crippen LogP contribution is 2.44. The Kier molecular flexibility index (Phi) is 5.91. The lowest BCUT2D eigenvalue weighted by Crippen LogP contribution is -2.43. The molecule has 0 saturated carbocycles. The van der Waals surface area contributed by atoms with E-state index in [1.54, 1.807) is 30.3 Å². The van der Waals surface area contributed by atoms with Crippen molar-refractivity contribution in [1.82, 2.24) is 0 Å². The molecule has 2 aromatic rings. The van der Waals surface area contributed by atoms with Gasteiger partial charge in [0, 0.05) is 15.6 Å². The second kappa shape index (κ2) is 8.08. The van der Waals surface area contributed by atoms with E-state index in [2.05, 4.69) is 34.5 Å². The first-order valence-electron chi connectivity index (χ1n) is 9.21. The Balaban J connectivity index is 1.95. The smallest absolute Gasteiger partial charge is 0.325 e. The van der Waals surface area contributed by atoms with Crippen LogP contribution < -0.4 is 4.90 Å². The standard InChI is InChI=1S/C22H22BrNO5/c1-13(2)14-4-6-15(7-5-14)19(25)11-22(28)17-10-16(23)8-9-18(17)24(21(22)27)12-20(26)29-3/h4-10,13,28H,11-12H2,1-3H3. The van der Waals surface area contributed by atoms with Crippen LogP contribution in [0, 0.1) is 0 Å². The number of Topliss-reactive ketones (excluding diaryl/α,β-unsaturated/α-hetero) is 1. The van der Waals surface area contributed by atoms with Crippen LogP contribution in [0.3, 0.4) is 0 Å². The second-order valence-electron chi connectivity index (χ2n) is 7.37. The van der Waals surface area contributed by atoms with Crippen molar-refractivity contribution in [2.24, 2.45) is 0 Å². The van der Waals surface area contributed by atoms with E-state index < -0.39 is 23.9 Å². The number of hydrogen-bond donors (Lipinski definition) is 1. The number of esters is 1. The van der Waals surface area contributed by atoms with Crippen molar-refractivity contribution in [2.45, 2.75) is 31.8 Å². The predicted molar refractivity (Wildman–Crippen MR) is 112 cm³/mol. The maximum atomic E-state index is 13.1. The first-order chi connectivity index (χ1) is 13.7. The third-order valence-corrected chi connectivity index (χ3v) is 5.62. The number of anilines is 1. The summed E-state index contributed by atoms with van der Waals surface area (Å²) >= 11 is 3.34. The fourth-order valence-corrected chi connectivity index (χ4v) is 3.79. The molecule has 152 valence electrons. The first-order valence-corrected chi connectivity index (χ1v) is 10.0. The number of carbonyl (C=O) groups is 3. The van der Waals surface area contributed by atoms with Crippen molar-refractivity contribution < 1.29 is 24.2 Å². The fourth-order valence-electron chi connectivity index (χ4n) is 3.43. The van der Waals surface area contributed by atoms with Gasteiger partial charge in [0.05, 0.1) is 19.2 Å². The number of ether oxygens (including phenoxy) is 1. The van der Waals surface area contributed by atoms with Gasteiger partial charge in [-0.3, -0.25) is 19.3 Å². The molecular weight excluding hydrogens is 438 g/mol. The lowest BCUT2D eigenvalue weighted by atomic mass is 9.87. The molecule has 0 radical (unpaired) electrons. The normalized spacial score (nSPS) is 18.1. The van der Waals surface area contributed by atoms with Gasteiger partial charge in [0.2, 0.25) is 0 Å². The van der Waals surface area contributed by atoms with Gasteiger partial charge in [-0.15, -0.1) is 0 Å². The summed E-state index contributed by atoms with van der Waals surface area (Å²) in [5.74, 6) is -1.37. The van der Waals surface area contributed by atoms with Crippen LogP contribution in [-0.2, 0) is 19.9 Å². The van der Waals surface area contributed by atoms with E-state index in [1.165, 1.54) is 7.11 Å². The van der Waals surface area contributed by atoms with Crippen LogP contribution in [0.1, 0.15) is 47.7 Å². The number of nitrogens with zero attached hydrogens (tertiary/aromatic N) is 1. The third-order valence-electron chi connectivity index (χ3n) is 5.12. The van der Waals surface area contributed by atoms with E-state index in [-0.39, 0.29) is 17.9 Å². The molecule has 1 aliphatic heterocycles. The van der Waals surface area contributed by atoms with Crippen LogP contribution in [0.4, 0.5) is 5.69 Å². The SMILES string of the molecule is COC(=O)CN1C(=O)C(O)(CC(=O)c2ccc(C(C)C)cc2)c2cc(Br)ccc21. The summed E-state index contributed by atoms with van der Waals surface area (Å²) in [7, 11) is 1.22. The topological polar surface area (TPSA) is 83.9 Å². The highest BCUT2D eigenvalue weighted by Gasteiger charge is 2.51. The maximum absolute atomic E-state index is 13.1. The molecular formula is C22H22BrNO5. The van der Waals surface area contributed by atoms with Crippen LogP contribution >= 0.6 is 15.9 Å². The van der Waals surface area contributed by atoms with Gasteiger partial charge in [0.15, 0.2) is 11.4 Å². The Morgan fingerprint density at radius 3 is 2.41 bits per heavy atom. The zero-order valence-corrected chi connectivity index (χ0v) is 18.0. The average molecular weight is 460 g/mol. The molecule has 7 heteroatoms. The molecule has 0 spiro atoms. The van der Waals surface area contributed by atoms with Crippen LogP contribution in [0.2, 0.25) is 0 Å². The molecule has 1 amide bonds. The fraction of sp³-hybridized carbons (Fsp3) is 0.318. The Bertz CT molecular complexity index is 970. The van der Waals surface area contributed by atoms with Crippen LogP contribution in [0.15, 0.2) is 46.9 Å². The molecule has 0 aromatic heterocycles. The number of hydrogen-bond acceptors (Lipinski definition) is 5. The number of rotatable bonds is 6. The zero-order valence-electron chi connectivity index (χ0n) is 16.4. The van der Waals surface area contributed by atoms with Crippen LogP contribution in [0.25, 0.3) is 0 Å². The molecule has 2 aromatic carbocycles. The summed E-state index contributed by atoms with van der Waals surface area (Å²) in [6.45, 7) is 3.77. The summed E-state index contributed by atoms with van der Waals surface area (Å²) in [6, 6.07) is 12.1. The third kappa shape index (κ3) is 3.97. The highest BCUT2D eigenvalue weighted by molar-refractivity contribution is 9.10. The number of amides is 1. The quantitative estimate of drug-likeness (QED) is 0.527. The molecule has 0 saturated heterocycles. The molecule has 29 heavy (non-hydrogen) atoms. The molecule has 0 fully saturated rings. The van der Waals surface area contributed by atoms with Crippen molar-refractivity contribution in [3.05, 3.63) is 63.6 Å².